The molecule has 0 unspecified atom stereocenters. The molecule has 2 atom stereocenters. The summed E-state index contributed by atoms with van der Waals surface area (Å²) in [7, 11) is 0.485. The summed E-state index contributed by atoms with van der Waals surface area (Å²) in [5, 5.41) is 8.61. The Morgan fingerprint density at radius 2 is 1.94 bits per heavy atom. The minimum Gasteiger partial charge on any atom is -0.366 e. The maximum absolute atomic E-state index is 13.7. The Morgan fingerprint density at radius 3 is 2.33 bits per heavy atom. The van der Waals surface area contributed by atoms with Gasteiger partial charge in [-0.2, -0.15) is 5.26 Å². The lowest BCUT2D eigenvalue weighted by atomic mass is 10.1. The van der Waals surface area contributed by atoms with Crippen molar-refractivity contribution in [3.05, 3.63) is 29.3 Å². The first-order chi connectivity index (χ1) is 8.36. The highest BCUT2D eigenvalue weighted by atomic mass is 32.2. The van der Waals surface area contributed by atoms with Gasteiger partial charge in [0.1, 0.15) is 5.69 Å². The molecule has 98 valence electrons. The van der Waals surface area contributed by atoms with Crippen LogP contribution in [0.5, 0.6) is 0 Å². The van der Waals surface area contributed by atoms with Gasteiger partial charge in [0.05, 0.1) is 11.6 Å². The van der Waals surface area contributed by atoms with Crippen molar-refractivity contribution in [2.24, 2.45) is 0 Å². The summed E-state index contributed by atoms with van der Waals surface area (Å²) in [6.45, 7) is 1.73. The Morgan fingerprint density at radius 1 is 1.44 bits per heavy atom. The van der Waals surface area contributed by atoms with E-state index in [2.05, 4.69) is 0 Å². The largest absolute Gasteiger partial charge is 0.366 e. The molecule has 6 heteroatoms. The normalized spacial score (nSPS) is 13.8. The van der Waals surface area contributed by atoms with E-state index in [4.69, 9.17) is 5.26 Å². The average molecular weight is 272 g/mol. The molecule has 0 saturated carbocycles. The highest BCUT2D eigenvalue weighted by Gasteiger charge is 2.20. The first kappa shape index (κ1) is 14.6. The fraction of sp³-hybridized carbons (Fsp3) is 0.417. The van der Waals surface area contributed by atoms with Gasteiger partial charge in [-0.15, -0.1) is 0 Å². The molecule has 0 saturated heterocycles. The molecule has 1 aromatic rings. The van der Waals surface area contributed by atoms with Crippen LogP contribution < -0.4 is 4.90 Å². The molecule has 0 heterocycles. The number of nitriles is 1. The maximum atomic E-state index is 13.7. The molecule has 0 N–H and O–H groups in total. The highest BCUT2D eigenvalue weighted by molar-refractivity contribution is 7.84. The van der Waals surface area contributed by atoms with Crippen LogP contribution in [0.3, 0.4) is 0 Å². The second-order valence-corrected chi connectivity index (χ2v) is 5.58. The van der Waals surface area contributed by atoms with Crippen LogP contribution >= 0.6 is 0 Å². The summed E-state index contributed by atoms with van der Waals surface area (Å²) in [6.07, 6.45) is 1.54. The van der Waals surface area contributed by atoms with Gasteiger partial charge in [-0.1, -0.05) is 0 Å². The summed E-state index contributed by atoms with van der Waals surface area (Å²) in [5.74, 6) is -1.26. The standard InChI is InChI=1S/C12H14F2N2OS/c1-8(7-18(3)17)16(2)12-10(13)4-9(6-15)5-11(12)14/h4-5,8H,7H2,1-3H3/t8-,18+/m1/s1. The van der Waals surface area contributed by atoms with Gasteiger partial charge in [-0.05, 0) is 19.1 Å². The molecule has 0 aromatic heterocycles. The molecular formula is C12H14F2N2OS. The topological polar surface area (TPSA) is 44.1 Å². The van der Waals surface area contributed by atoms with Crippen molar-refractivity contribution in [2.75, 3.05) is 24.0 Å². The van der Waals surface area contributed by atoms with Crippen molar-refractivity contribution in [1.29, 1.82) is 5.26 Å². The number of hydrogen-bond acceptors (Lipinski definition) is 3. The minimum absolute atomic E-state index is 0.0612. The molecule has 0 aliphatic carbocycles. The molecule has 0 amide bonds. The fourth-order valence-electron chi connectivity index (χ4n) is 1.64. The van der Waals surface area contributed by atoms with Crippen LogP contribution in [0.15, 0.2) is 12.1 Å². The highest BCUT2D eigenvalue weighted by Crippen LogP contribution is 2.25. The Hall–Kier alpha value is -1.48. The van der Waals surface area contributed by atoms with Crippen molar-refractivity contribution < 1.29 is 13.0 Å². The third kappa shape index (κ3) is 3.26. The van der Waals surface area contributed by atoms with Gasteiger partial charge in [0.25, 0.3) is 0 Å². The maximum Gasteiger partial charge on any atom is 0.150 e. The van der Waals surface area contributed by atoms with Crippen LogP contribution in [0.1, 0.15) is 12.5 Å². The van der Waals surface area contributed by atoms with Gasteiger partial charge in [0.2, 0.25) is 0 Å². The lowest BCUT2D eigenvalue weighted by Crippen LogP contribution is -2.34. The molecule has 18 heavy (non-hydrogen) atoms. The zero-order valence-electron chi connectivity index (χ0n) is 10.4. The van der Waals surface area contributed by atoms with Crippen molar-refractivity contribution in [2.45, 2.75) is 13.0 Å². The van der Waals surface area contributed by atoms with Gasteiger partial charge >= 0.3 is 0 Å². The second-order valence-electron chi connectivity index (χ2n) is 4.10. The van der Waals surface area contributed by atoms with E-state index in [1.807, 2.05) is 0 Å². The molecule has 0 aliphatic rings. The van der Waals surface area contributed by atoms with E-state index in [0.29, 0.717) is 5.75 Å². The quantitative estimate of drug-likeness (QED) is 0.842. The second kappa shape index (κ2) is 5.91. The van der Waals surface area contributed by atoms with Crippen molar-refractivity contribution in [3.63, 3.8) is 0 Å². The fourth-order valence-corrected chi connectivity index (χ4v) is 2.54. The molecule has 0 radical (unpaired) electrons. The van der Waals surface area contributed by atoms with E-state index in [1.165, 1.54) is 18.2 Å². The van der Waals surface area contributed by atoms with Gasteiger partial charge in [0.15, 0.2) is 11.6 Å². The summed E-state index contributed by atoms with van der Waals surface area (Å²) in [4.78, 5) is 1.40. The predicted octanol–water partition coefficient (Wildman–Crippen LogP) is 2.04. The first-order valence-electron chi connectivity index (χ1n) is 5.28. The van der Waals surface area contributed by atoms with Gasteiger partial charge < -0.3 is 4.90 Å². The Kier molecular flexibility index (Phi) is 4.79. The first-order valence-corrected chi connectivity index (χ1v) is 7.01. The molecule has 0 aliphatic heterocycles. The number of anilines is 1. The van der Waals surface area contributed by atoms with E-state index >= 15 is 0 Å². The van der Waals surface area contributed by atoms with Crippen molar-refractivity contribution >= 4 is 16.5 Å². The number of hydrogen-bond donors (Lipinski definition) is 0. The summed E-state index contributed by atoms with van der Waals surface area (Å²) < 4.78 is 38.6. The third-order valence-electron chi connectivity index (χ3n) is 2.64. The zero-order valence-corrected chi connectivity index (χ0v) is 11.2. The van der Waals surface area contributed by atoms with E-state index in [0.717, 1.165) is 12.1 Å². The van der Waals surface area contributed by atoms with Crippen molar-refractivity contribution in [3.8, 4) is 6.07 Å². The summed E-state index contributed by atoms with van der Waals surface area (Å²) in [5.41, 5.74) is -0.263. The van der Waals surface area contributed by atoms with Crippen LogP contribution in [0.2, 0.25) is 0 Å². The number of nitrogens with zero attached hydrogens (tertiary/aromatic N) is 2. The van der Waals surface area contributed by atoms with E-state index in [-0.39, 0.29) is 17.3 Å². The number of benzene rings is 1. The van der Waals surface area contributed by atoms with Gasteiger partial charge in [-0.25, -0.2) is 8.78 Å². The van der Waals surface area contributed by atoms with Crippen LogP contribution in [0.25, 0.3) is 0 Å². The lowest BCUT2D eigenvalue weighted by Gasteiger charge is -2.27. The smallest absolute Gasteiger partial charge is 0.150 e. The lowest BCUT2D eigenvalue weighted by molar-refractivity contribution is 0.567. The minimum atomic E-state index is -1.05. The zero-order chi connectivity index (χ0) is 13.9. The molecule has 1 aromatic carbocycles. The van der Waals surface area contributed by atoms with Gasteiger partial charge in [0, 0.05) is 35.9 Å². The third-order valence-corrected chi connectivity index (χ3v) is 3.59. The molecule has 0 bridgehead atoms. The van der Waals surface area contributed by atoms with Crippen LogP contribution in [0, 0.1) is 23.0 Å². The summed E-state index contributed by atoms with van der Waals surface area (Å²) in [6, 6.07) is 3.40. The number of halogens is 2. The number of rotatable bonds is 4. The van der Waals surface area contributed by atoms with Gasteiger partial charge in [-0.3, -0.25) is 4.21 Å². The molecular weight excluding hydrogens is 258 g/mol. The van der Waals surface area contributed by atoms with E-state index < -0.39 is 22.4 Å². The van der Waals surface area contributed by atoms with Crippen LogP contribution in [0.4, 0.5) is 14.5 Å². The van der Waals surface area contributed by atoms with E-state index in [9.17, 15) is 13.0 Å². The average Bonchev–Trinajstić information content (AvgIpc) is 2.26. The van der Waals surface area contributed by atoms with E-state index in [1.54, 1.807) is 13.0 Å². The van der Waals surface area contributed by atoms with Crippen LogP contribution in [-0.4, -0.2) is 29.3 Å². The van der Waals surface area contributed by atoms with Crippen molar-refractivity contribution in [1.82, 2.24) is 0 Å². The SMILES string of the molecule is C[C@H](C[S@](C)=O)N(C)c1c(F)cc(C#N)cc1F. The Balaban J connectivity index is 3.10. The molecule has 3 nitrogen and oxygen atoms in total. The monoisotopic (exact) mass is 272 g/mol. The Bertz CT molecular complexity index is 490. The molecule has 1 rings (SSSR count). The van der Waals surface area contributed by atoms with Crippen LogP contribution in [-0.2, 0) is 10.8 Å². The summed E-state index contributed by atoms with van der Waals surface area (Å²) >= 11 is 0. The predicted molar refractivity (Wildman–Crippen MR) is 67.9 cm³/mol. The Labute approximate surface area is 107 Å². The molecule has 0 fully saturated rings. The molecule has 0 spiro atoms.